The van der Waals surface area contributed by atoms with Gasteiger partial charge in [-0.15, -0.1) is 0 Å². The number of amides is 1. The number of anilines is 2. The summed E-state index contributed by atoms with van der Waals surface area (Å²) >= 11 is 0. The zero-order valence-corrected chi connectivity index (χ0v) is 25.7. The Morgan fingerprint density at radius 2 is 1.48 bits per heavy atom. The average Bonchev–Trinajstić information content (AvgIpc) is 3.01. The number of ether oxygens (including phenoxy) is 1. The number of carboxylic acids is 1. The molecule has 0 aliphatic heterocycles. The molecule has 1 amide bonds. The molecule has 7 nitrogen and oxygen atoms in total. The number of nitrogens with zero attached hydrogens (tertiary/aromatic N) is 1. The zero-order valence-electron chi connectivity index (χ0n) is 25.7. The molecule has 0 unspecified atom stereocenters. The molecular formula is C37H40N2O5. The number of nitrogens with one attached hydrogen (secondary N) is 1. The molecule has 0 aliphatic rings. The number of aliphatic carboxylic acids is 1. The van der Waals surface area contributed by atoms with E-state index in [4.69, 9.17) is 4.74 Å². The summed E-state index contributed by atoms with van der Waals surface area (Å²) in [5, 5.41) is 13.0. The number of rotatable bonds is 13. The molecule has 0 aliphatic carbocycles. The summed E-state index contributed by atoms with van der Waals surface area (Å²) in [6.45, 7) is 8.72. The summed E-state index contributed by atoms with van der Waals surface area (Å²) in [5.41, 5.74) is 3.73. The van der Waals surface area contributed by atoms with Crippen molar-refractivity contribution < 1.29 is 24.2 Å². The molecule has 0 radical (unpaired) electrons. The van der Waals surface area contributed by atoms with Crippen LogP contribution in [-0.4, -0.2) is 42.0 Å². The van der Waals surface area contributed by atoms with Gasteiger partial charge in [0.2, 0.25) is 5.91 Å². The van der Waals surface area contributed by atoms with Crippen molar-refractivity contribution in [2.45, 2.75) is 46.6 Å². The fourth-order valence-corrected chi connectivity index (χ4v) is 4.79. The van der Waals surface area contributed by atoms with Crippen LogP contribution in [-0.2, 0) is 16.0 Å². The van der Waals surface area contributed by atoms with Crippen LogP contribution >= 0.6 is 0 Å². The van der Waals surface area contributed by atoms with Crippen LogP contribution in [0.2, 0.25) is 0 Å². The topological polar surface area (TPSA) is 95.9 Å². The van der Waals surface area contributed by atoms with Crippen molar-refractivity contribution in [1.82, 2.24) is 0 Å². The van der Waals surface area contributed by atoms with E-state index >= 15 is 0 Å². The number of carbonyl (C=O) groups excluding carboxylic acids is 2. The van der Waals surface area contributed by atoms with E-state index in [9.17, 15) is 19.5 Å². The van der Waals surface area contributed by atoms with Crippen molar-refractivity contribution in [2.24, 2.45) is 5.41 Å². The fourth-order valence-electron chi connectivity index (χ4n) is 4.79. The van der Waals surface area contributed by atoms with E-state index in [1.807, 2.05) is 87.2 Å². The molecular weight excluding hydrogens is 552 g/mol. The van der Waals surface area contributed by atoms with Crippen molar-refractivity contribution >= 4 is 29.0 Å². The molecule has 44 heavy (non-hydrogen) atoms. The molecule has 0 aromatic heterocycles. The van der Waals surface area contributed by atoms with Gasteiger partial charge in [0.25, 0.3) is 0 Å². The van der Waals surface area contributed by atoms with Crippen molar-refractivity contribution in [1.29, 1.82) is 0 Å². The van der Waals surface area contributed by atoms with Gasteiger partial charge in [-0.25, -0.2) is 4.79 Å². The molecule has 7 heteroatoms. The monoisotopic (exact) mass is 592 g/mol. The largest absolute Gasteiger partial charge is 0.494 e. The first-order valence-electron chi connectivity index (χ1n) is 14.8. The summed E-state index contributed by atoms with van der Waals surface area (Å²) < 4.78 is 5.96. The average molecular weight is 593 g/mol. The van der Waals surface area contributed by atoms with Gasteiger partial charge in [0.15, 0.2) is 5.78 Å². The predicted octanol–water partition coefficient (Wildman–Crippen LogP) is 7.18. The summed E-state index contributed by atoms with van der Waals surface area (Å²) in [5.74, 6) is -0.477. The van der Waals surface area contributed by atoms with Crippen LogP contribution in [0.4, 0.5) is 11.4 Å². The van der Waals surface area contributed by atoms with Crippen molar-refractivity contribution in [2.75, 3.05) is 23.4 Å². The minimum atomic E-state index is -1.02. The van der Waals surface area contributed by atoms with E-state index in [1.54, 1.807) is 48.5 Å². The first kappa shape index (κ1) is 32.0. The van der Waals surface area contributed by atoms with Gasteiger partial charge >= 0.3 is 5.97 Å². The van der Waals surface area contributed by atoms with Gasteiger partial charge < -0.3 is 20.1 Å². The van der Waals surface area contributed by atoms with Gasteiger partial charge in [-0.05, 0) is 55.3 Å². The summed E-state index contributed by atoms with van der Waals surface area (Å²) in [7, 11) is 0. The van der Waals surface area contributed by atoms with Crippen LogP contribution in [0.5, 0.6) is 5.75 Å². The van der Waals surface area contributed by atoms with Gasteiger partial charge in [-0.2, -0.15) is 0 Å². The number of hydrogen-bond acceptors (Lipinski definition) is 5. The van der Waals surface area contributed by atoms with E-state index in [-0.39, 0.29) is 18.1 Å². The van der Waals surface area contributed by atoms with Gasteiger partial charge in [-0.3, -0.25) is 9.59 Å². The SMILES string of the molecule is Cc1ccc(N(CCCOc2ccc(C[C@H](Nc3ccccc3C(=O)c3ccccc3)C(=O)O)cc2)C(=O)C(C)(C)C)cc1. The van der Waals surface area contributed by atoms with Crippen LogP contribution in [0.1, 0.15) is 54.2 Å². The Hall–Kier alpha value is -4.91. The number of hydrogen-bond donors (Lipinski definition) is 2. The second-order valence-electron chi connectivity index (χ2n) is 11.9. The summed E-state index contributed by atoms with van der Waals surface area (Å²) in [6.07, 6.45) is 0.855. The van der Waals surface area contributed by atoms with Gasteiger partial charge in [0.05, 0.1) is 6.61 Å². The highest BCUT2D eigenvalue weighted by molar-refractivity contribution is 6.12. The Balaban J connectivity index is 1.35. The first-order chi connectivity index (χ1) is 21.0. The van der Waals surface area contributed by atoms with E-state index in [0.29, 0.717) is 42.1 Å². The predicted molar refractivity (Wildman–Crippen MR) is 175 cm³/mol. The lowest BCUT2D eigenvalue weighted by Gasteiger charge is -2.29. The third kappa shape index (κ3) is 8.57. The van der Waals surface area contributed by atoms with Crippen LogP contribution < -0.4 is 15.0 Å². The van der Waals surface area contributed by atoms with E-state index in [0.717, 1.165) is 16.8 Å². The maximum atomic E-state index is 13.1. The molecule has 4 aromatic rings. The van der Waals surface area contributed by atoms with Crippen molar-refractivity contribution in [3.05, 3.63) is 125 Å². The summed E-state index contributed by atoms with van der Waals surface area (Å²) in [4.78, 5) is 40.2. The van der Waals surface area contributed by atoms with Gasteiger partial charge in [0.1, 0.15) is 11.8 Å². The summed E-state index contributed by atoms with van der Waals surface area (Å²) in [6, 6.07) is 30.2. The number of aryl methyl sites for hydroxylation is 1. The molecule has 2 N–H and O–H groups in total. The lowest BCUT2D eigenvalue weighted by molar-refractivity contribution is -0.137. The normalized spacial score (nSPS) is 11.8. The molecule has 0 fully saturated rings. The second-order valence-corrected chi connectivity index (χ2v) is 11.9. The van der Waals surface area contributed by atoms with E-state index in [2.05, 4.69) is 5.32 Å². The minimum Gasteiger partial charge on any atom is -0.494 e. The fraction of sp³-hybridized carbons (Fsp3) is 0.270. The van der Waals surface area contributed by atoms with Crippen molar-refractivity contribution in [3.8, 4) is 5.75 Å². The van der Waals surface area contributed by atoms with Crippen LogP contribution in [0.3, 0.4) is 0 Å². The number of benzene rings is 4. The van der Waals surface area contributed by atoms with Crippen LogP contribution in [0.15, 0.2) is 103 Å². The Morgan fingerprint density at radius 1 is 0.841 bits per heavy atom. The molecule has 0 spiro atoms. The van der Waals surface area contributed by atoms with Crippen molar-refractivity contribution in [3.63, 3.8) is 0 Å². The van der Waals surface area contributed by atoms with Crippen LogP contribution in [0.25, 0.3) is 0 Å². The molecule has 0 saturated carbocycles. The lowest BCUT2D eigenvalue weighted by atomic mass is 9.94. The molecule has 0 bridgehead atoms. The Morgan fingerprint density at radius 3 is 2.11 bits per heavy atom. The van der Waals surface area contributed by atoms with E-state index < -0.39 is 17.4 Å². The maximum absolute atomic E-state index is 13.1. The van der Waals surface area contributed by atoms with E-state index in [1.165, 1.54) is 0 Å². The maximum Gasteiger partial charge on any atom is 0.326 e. The van der Waals surface area contributed by atoms with Gasteiger partial charge in [0, 0.05) is 40.9 Å². The van der Waals surface area contributed by atoms with Gasteiger partial charge in [-0.1, -0.05) is 93.1 Å². The Kier molecular flexibility index (Phi) is 10.6. The Labute approximate surface area is 259 Å². The number of carboxylic acid groups (broad SMARTS) is 1. The smallest absolute Gasteiger partial charge is 0.326 e. The highest BCUT2D eigenvalue weighted by Crippen LogP contribution is 2.25. The molecule has 1 atom stereocenters. The quantitative estimate of drug-likeness (QED) is 0.126. The molecule has 228 valence electrons. The standard InChI is InChI=1S/C37H40N2O5/c1-26-15-19-29(20-16-26)39(36(43)37(2,3)4)23-10-24-44-30-21-17-27(18-22-30)25-33(35(41)42)38-32-14-9-8-13-31(32)34(40)28-11-6-5-7-12-28/h5-9,11-22,33,38H,10,23-25H2,1-4H3,(H,41,42)/t33-/m0/s1. The number of para-hydroxylation sites is 1. The second kappa shape index (κ2) is 14.5. The molecule has 4 rings (SSSR count). The highest BCUT2D eigenvalue weighted by Gasteiger charge is 2.28. The first-order valence-corrected chi connectivity index (χ1v) is 14.8. The van der Waals surface area contributed by atoms with Crippen LogP contribution in [0, 0.1) is 12.3 Å². The molecule has 4 aromatic carbocycles. The highest BCUT2D eigenvalue weighted by atomic mass is 16.5. The number of carbonyl (C=O) groups is 3. The Bertz CT molecular complexity index is 1560. The third-order valence-corrected chi connectivity index (χ3v) is 7.23. The molecule has 0 heterocycles. The lowest BCUT2D eigenvalue weighted by Crippen LogP contribution is -2.40. The molecule has 0 saturated heterocycles. The zero-order chi connectivity index (χ0) is 31.7. The number of ketones is 1. The third-order valence-electron chi connectivity index (χ3n) is 7.23. The minimum absolute atomic E-state index is 0.0550.